The zero-order chi connectivity index (χ0) is 24.5. The van der Waals surface area contributed by atoms with E-state index < -0.39 is 66.0 Å². The molecule has 0 bridgehead atoms. The van der Waals surface area contributed by atoms with Gasteiger partial charge in [-0.2, -0.15) is 0 Å². The number of aliphatic hydroxyl groups excluding tert-OH is 2. The monoisotopic (exact) mass is 446 g/mol. The number of amides is 3. The van der Waals surface area contributed by atoms with E-state index in [1.807, 2.05) is 13.8 Å². The summed E-state index contributed by atoms with van der Waals surface area (Å²) in [6, 6.07) is -5.03. The molecule has 0 saturated heterocycles. The lowest BCUT2D eigenvalue weighted by molar-refractivity contribution is -0.144. The summed E-state index contributed by atoms with van der Waals surface area (Å²) in [5.41, 5.74) is 5.80. The zero-order valence-electron chi connectivity index (χ0n) is 19.1. The highest BCUT2D eigenvalue weighted by Gasteiger charge is 2.35. The molecule has 11 heteroatoms. The largest absolute Gasteiger partial charge is 0.480 e. The van der Waals surface area contributed by atoms with Gasteiger partial charge in [-0.1, -0.05) is 34.1 Å². The van der Waals surface area contributed by atoms with Crippen LogP contribution in [0.2, 0.25) is 0 Å². The van der Waals surface area contributed by atoms with E-state index in [-0.39, 0.29) is 5.92 Å². The molecule has 0 aliphatic heterocycles. The first-order chi connectivity index (χ1) is 14.2. The first-order valence-electron chi connectivity index (χ1n) is 10.5. The van der Waals surface area contributed by atoms with Crippen LogP contribution in [0.15, 0.2) is 0 Å². The van der Waals surface area contributed by atoms with Gasteiger partial charge in [0.05, 0.1) is 18.2 Å². The summed E-state index contributed by atoms with van der Waals surface area (Å²) in [6.07, 6.45) is -1.84. The van der Waals surface area contributed by atoms with Crippen LogP contribution in [0.3, 0.4) is 0 Å². The first-order valence-corrected chi connectivity index (χ1v) is 10.5. The van der Waals surface area contributed by atoms with Gasteiger partial charge in [0.25, 0.3) is 0 Å². The third kappa shape index (κ3) is 9.62. The van der Waals surface area contributed by atoms with Crippen LogP contribution in [0.25, 0.3) is 0 Å². The molecule has 31 heavy (non-hydrogen) atoms. The summed E-state index contributed by atoms with van der Waals surface area (Å²) in [5, 5.41) is 36.2. The van der Waals surface area contributed by atoms with E-state index >= 15 is 0 Å². The summed E-state index contributed by atoms with van der Waals surface area (Å²) in [7, 11) is 0. The van der Waals surface area contributed by atoms with E-state index in [4.69, 9.17) is 5.73 Å². The van der Waals surface area contributed by atoms with Gasteiger partial charge in [-0.25, -0.2) is 4.79 Å². The van der Waals surface area contributed by atoms with Crippen LogP contribution in [-0.2, 0) is 19.2 Å². The summed E-state index contributed by atoms with van der Waals surface area (Å²) in [6.45, 7) is 9.69. The number of nitrogens with two attached hydrogens (primary N) is 1. The molecule has 0 saturated carbocycles. The van der Waals surface area contributed by atoms with Crippen molar-refractivity contribution in [3.05, 3.63) is 0 Å². The van der Waals surface area contributed by atoms with Crippen LogP contribution >= 0.6 is 0 Å². The molecule has 11 nitrogen and oxygen atoms in total. The molecule has 0 radical (unpaired) electrons. The summed E-state index contributed by atoms with van der Waals surface area (Å²) >= 11 is 0. The Balaban J connectivity index is 5.39. The van der Waals surface area contributed by atoms with Crippen LogP contribution in [0.1, 0.15) is 54.4 Å². The smallest absolute Gasteiger partial charge is 0.326 e. The van der Waals surface area contributed by atoms with Gasteiger partial charge >= 0.3 is 5.97 Å². The highest BCUT2D eigenvalue weighted by molar-refractivity contribution is 5.94. The number of nitrogens with one attached hydrogen (secondary N) is 3. The van der Waals surface area contributed by atoms with E-state index in [0.717, 1.165) is 0 Å². The van der Waals surface area contributed by atoms with Gasteiger partial charge in [0, 0.05) is 0 Å². The van der Waals surface area contributed by atoms with Gasteiger partial charge in [0.1, 0.15) is 18.1 Å². The Morgan fingerprint density at radius 2 is 1.16 bits per heavy atom. The third-order valence-electron chi connectivity index (χ3n) is 4.96. The Morgan fingerprint density at radius 3 is 1.48 bits per heavy atom. The van der Waals surface area contributed by atoms with Crippen molar-refractivity contribution in [2.75, 3.05) is 0 Å². The maximum absolute atomic E-state index is 12.7. The number of rotatable bonds is 13. The van der Waals surface area contributed by atoms with Crippen molar-refractivity contribution in [1.82, 2.24) is 16.0 Å². The van der Waals surface area contributed by atoms with E-state index in [1.165, 1.54) is 13.8 Å². The standard InChI is InChI=1S/C20H38N4O7/c1-7-10(4)14(20(30)31)22-18(28)16(12(6)26)24-19(29)15(11(5)25)23-17(27)13(21)8-9(2)3/h9-16,25-26H,7-8,21H2,1-6H3,(H,22,28)(H,23,27)(H,24,29)(H,30,31). The second kappa shape index (κ2) is 13.2. The molecule has 7 atom stereocenters. The molecular weight excluding hydrogens is 408 g/mol. The molecule has 0 fully saturated rings. The number of hydrogen-bond donors (Lipinski definition) is 7. The van der Waals surface area contributed by atoms with Crippen molar-refractivity contribution in [3.63, 3.8) is 0 Å². The lowest BCUT2D eigenvalue weighted by atomic mass is 9.98. The van der Waals surface area contributed by atoms with E-state index in [0.29, 0.717) is 12.8 Å². The number of carboxylic acids is 1. The van der Waals surface area contributed by atoms with Crippen LogP contribution in [-0.4, -0.2) is 75.4 Å². The van der Waals surface area contributed by atoms with Crippen molar-refractivity contribution in [2.24, 2.45) is 17.6 Å². The highest BCUT2D eigenvalue weighted by atomic mass is 16.4. The van der Waals surface area contributed by atoms with Gasteiger partial charge < -0.3 is 37.0 Å². The number of aliphatic carboxylic acids is 1. The zero-order valence-corrected chi connectivity index (χ0v) is 19.1. The number of carbonyl (C=O) groups is 4. The number of carboxylic acid groups (broad SMARTS) is 1. The predicted molar refractivity (Wildman–Crippen MR) is 114 cm³/mol. The highest BCUT2D eigenvalue weighted by Crippen LogP contribution is 2.09. The Labute approximate surface area is 183 Å². The molecule has 0 rings (SSSR count). The van der Waals surface area contributed by atoms with Crippen molar-refractivity contribution >= 4 is 23.7 Å². The molecule has 180 valence electrons. The Kier molecular flexibility index (Phi) is 12.3. The maximum Gasteiger partial charge on any atom is 0.326 e. The lowest BCUT2D eigenvalue weighted by Crippen LogP contribution is -2.62. The van der Waals surface area contributed by atoms with Crippen LogP contribution in [0.5, 0.6) is 0 Å². The third-order valence-corrected chi connectivity index (χ3v) is 4.96. The van der Waals surface area contributed by atoms with E-state index in [1.54, 1.807) is 13.8 Å². The lowest BCUT2D eigenvalue weighted by Gasteiger charge is -2.28. The fourth-order valence-electron chi connectivity index (χ4n) is 2.85. The average molecular weight is 447 g/mol. The molecular formula is C20H38N4O7. The molecule has 0 aromatic rings. The van der Waals surface area contributed by atoms with Gasteiger partial charge in [-0.15, -0.1) is 0 Å². The number of carbonyl (C=O) groups excluding carboxylic acids is 3. The second-order valence-corrected chi connectivity index (χ2v) is 8.40. The molecule has 8 N–H and O–H groups in total. The van der Waals surface area contributed by atoms with Gasteiger partial charge in [-0.05, 0) is 32.1 Å². The summed E-state index contributed by atoms with van der Waals surface area (Å²) in [4.78, 5) is 49.0. The van der Waals surface area contributed by atoms with Gasteiger partial charge in [0.15, 0.2) is 0 Å². The molecule has 7 unspecified atom stereocenters. The van der Waals surface area contributed by atoms with Gasteiger partial charge in [0.2, 0.25) is 17.7 Å². The fraction of sp³-hybridized carbons (Fsp3) is 0.800. The summed E-state index contributed by atoms with van der Waals surface area (Å²) < 4.78 is 0. The minimum Gasteiger partial charge on any atom is -0.480 e. The quantitative estimate of drug-likeness (QED) is 0.182. The van der Waals surface area contributed by atoms with Crippen molar-refractivity contribution in [1.29, 1.82) is 0 Å². The first kappa shape index (κ1) is 28.8. The van der Waals surface area contributed by atoms with Crippen LogP contribution in [0.4, 0.5) is 0 Å². The Morgan fingerprint density at radius 1 is 0.774 bits per heavy atom. The molecule has 0 heterocycles. The van der Waals surface area contributed by atoms with Crippen LogP contribution in [0, 0.1) is 11.8 Å². The summed E-state index contributed by atoms with van der Waals surface area (Å²) in [5.74, 6) is -3.96. The Hall–Kier alpha value is -2.24. The SMILES string of the molecule is CCC(C)C(NC(=O)C(NC(=O)C(NC(=O)C(N)CC(C)C)C(C)O)C(C)O)C(=O)O. The number of hydrogen-bond acceptors (Lipinski definition) is 7. The maximum atomic E-state index is 12.7. The molecule has 0 aliphatic rings. The normalized spacial score (nSPS) is 18.1. The van der Waals surface area contributed by atoms with Crippen molar-refractivity contribution in [2.45, 2.75) is 90.8 Å². The molecule has 0 aliphatic carbocycles. The topological polar surface area (TPSA) is 191 Å². The second-order valence-electron chi connectivity index (χ2n) is 8.40. The van der Waals surface area contributed by atoms with Crippen LogP contribution < -0.4 is 21.7 Å². The van der Waals surface area contributed by atoms with Gasteiger partial charge in [-0.3, -0.25) is 14.4 Å². The number of aliphatic hydroxyl groups is 2. The van der Waals surface area contributed by atoms with E-state index in [2.05, 4.69) is 16.0 Å². The Bertz CT molecular complexity index is 625. The molecule has 0 spiro atoms. The molecule has 3 amide bonds. The minimum atomic E-state index is -1.50. The molecule has 0 aromatic heterocycles. The van der Waals surface area contributed by atoms with E-state index in [9.17, 15) is 34.5 Å². The van der Waals surface area contributed by atoms with Crippen molar-refractivity contribution < 1.29 is 34.5 Å². The molecule has 0 aromatic carbocycles. The predicted octanol–water partition coefficient (Wildman–Crippen LogP) is -1.29. The minimum absolute atomic E-state index is 0.135. The fourth-order valence-corrected chi connectivity index (χ4v) is 2.85. The van der Waals surface area contributed by atoms with Crippen molar-refractivity contribution in [3.8, 4) is 0 Å². The average Bonchev–Trinajstić information content (AvgIpc) is 2.65.